The first-order valence-corrected chi connectivity index (χ1v) is 3.02. The predicted molar refractivity (Wildman–Crippen MR) is 43.4 cm³/mol. The van der Waals surface area contributed by atoms with Gasteiger partial charge in [0, 0.05) is 1.43 Å². The van der Waals surface area contributed by atoms with Crippen LogP contribution in [0.4, 0.5) is 0 Å². The molecule has 0 radical (unpaired) electrons. The van der Waals surface area contributed by atoms with Crippen LogP contribution in [-0.4, -0.2) is 0 Å². The highest BCUT2D eigenvalue weighted by atomic mass is 13.9. The van der Waals surface area contributed by atoms with E-state index in [-0.39, 0.29) is 1.43 Å². The van der Waals surface area contributed by atoms with Crippen molar-refractivity contribution in [2.24, 2.45) is 0 Å². The molecule has 0 aliphatic carbocycles. The second kappa shape index (κ2) is 2.49. The maximum absolute atomic E-state index is 3.66. The molecule has 0 bridgehead atoms. The van der Waals surface area contributed by atoms with E-state index in [4.69, 9.17) is 0 Å². The summed E-state index contributed by atoms with van der Waals surface area (Å²) in [5, 5.41) is 0. The molecule has 0 saturated heterocycles. The van der Waals surface area contributed by atoms with Crippen molar-refractivity contribution < 1.29 is 1.43 Å². The normalized spacial score (nSPS) is 9.00. The highest BCUT2D eigenvalue weighted by molar-refractivity contribution is 5.46. The Morgan fingerprint density at radius 3 is 2.33 bits per heavy atom. The number of rotatable bonds is 1. The van der Waals surface area contributed by atoms with Crippen LogP contribution < -0.4 is 0 Å². The third kappa shape index (κ3) is 1.43. The summed E-state index contributed by atoms with van der Waals surface area (Å²) in [6.45, 7) is 5.74. The van der Waals surface area contributed by atoms with Crippen LogP contribution in [0.25, 0.3) is 6.08 Å². The van der Waals surface area contributed by atoms with Crippen LogP contribution in [0.5, 0.6) is 0 Å². The summed E-state index contributed by atoms with van der Waals surface area (Å²) in [5.41, 5.74) is 2.47. The lowest BCUT2D eigenvalue weighted by molar-refractivity contribution is 1.46. The van der Waals surface area contributed by atoms with Crippen molar-refractivity contribution in [3.8, 4) is 0 Å². The zero-order chi connectivity index (χ0) is 6.69. The summed E-state index contributed by atoms with van der Waals surface area (Å²) in [5.74, 6) is 0. The molecular formula is C9H12. The Hall–Kier alpha value is -1.04. The van der Waals surface area contributed by atoms with E-state index >= 15 is 0 Å². The predicted octanol–water partition coefficient (Wildman–Crippen LogP) is 2.88. The number of benzene rings is 1. The summed E-state index contributed by atoms with van der Waals surface area (Å²) in [4.78, 5) is 0. The van der Waals surface area contributed by atoms with Crippen LogP contribution >= 0.6 is 0 Å². The number of hydrogen-bond acceptors (Lipinski definition) is 0. The van der Waals surface area contributed by atoms with Gasteiger partial charge in [-0.25, -0.2) is 0 Å². The number of aryl methyl sites for hydroxylation is 1. The monoisotopic (exact) mass is 120 g/mol. The highest BCUT2D eigenvalue weighted by Crippen LogP contribution is 2.02. The Bertz CT molecular complexity index is 198. The average molecular weight is 120 g/mol. The summed E-state index contributed by atoms with van der Waals surface area (Å²) < 4.78 is 0. The Kier molecular flexibility index (Phi) is 1.69. The first kappa shape index (κ1) is 6.09. The Labute approximate surface area is 57.3 Å². The molecule has 0 nitrogen and oxygen atoms in total. The Balaban J connectivity index is 0.000000810. The lowest BCUT2D eigenvalue weighted by Crippen LogP contribution is -1.71. The van der Waals surface area contributed by atoms with Gasteiger partial charge in [-0.3, -0.25) is 0 Å². The molecular weight excluding hydrogens is 108 g/mol. The van der Waals surface area contributed by atoms with Crippen LogP contribution in [-0.2, 0) is 0 Å². The molecule has 0 fully saturated rings. The van der Waals surface area contributed by atoms with Gasteiger partial charge in [-0.1, -0.05) is 42.5 Å². The van der Waals surface area contributed by atoms with Crippen molar-refractivity contribution >= 4 is 6.08 Å². The molecule has 0 spiro atoms. The van der Waals surface area contributed by atoms with Crippen molar-refractivity contribution in [2.75, 3.05) is 0 Å². The zero-order valence-electron chi connectivity index (χ0n) is 5.59. The van der Waals surface area contributed by atoms with Gasteiger partial charge >= 0.3 is 0 Å². The van der Waals surface area contributed by atoms with Crippen molar-refractivity contribution in [2.45, 2.75) is 6.92 Å². The minimum absolute atomic E-state index is 0. The fourth-order valence-corrected chi connectivity index (χ4v) is 0.703. The topological polar surface area (TPSA) is 0 Å². The summed E-state index contributed by atoms with van der Waals surface area (Å²) in [6, 6.07) is 8.28. The lowest BCUT2D eigenvalue weighted by atomic mass is 10.2. The van der Waals surface area contributed by atoms with Crippen LogP contribution in [0.2, 0.25) is 0 Å². The standard InChI is InChI=1S/C9H10.H2/c1-3-9-6-4-8(2)5-7-9;/h3-7H,1H2,2H3;1H. The first-order chi connectivity index (χ1) is 4.33. The summed E-state index contributed by atoms with van der Waals surface area (Å²) in [6.07, 6.45) is 1.85. The van der Waals surface area contributed by atoms with E-state index in [0.717, 1.165) is 0 Å². The van der Waals surface area contributed by atoms with Crippen LogP contribution in [0.3, 0.4) is 0 Å². The third-order valence-electron chi connectivity index (χ3n) is 1.31. The van der Waals surface area contributed by atoms with E-state index in [1.165, 1.54) is 11.1 Å². The molecule has 0 atom stereocenters. The van der Waals surface area contributed by atoms with Crippen molar-refractivity contribution in [3.05, 3.63) is 42.0 Å². The smallest absolute Gasteiger partial charge is 0 e. The van der Waals surface area contributed by atoms with Gasteiger partial charge in [0.05, 0.1) is 0 Å². The summed E-state index contributed by atoms with van der Waals surface area (Å²) >= 11 is 0. The van der Waals surface area contributed by atoms with Crippen LogP contribution in [0.15, 0.2) is 30.8 Å². The molecule has 1 aromatic rings. The van der Waals surface area contributed by atoms with E-state index in [9.17, 15) is 0 Å². The molecule has 48 valence electrons. The van der Waals surface area contributed by atoms with E-state index in [1.807, 2.05) is 6.08 Å². The largest absolute Gasteiger partial charge is 0.0985 e. The van der Waals surface area contributed by atoms with Gasteiger partial charge < -0.3 is 0 Å². The average Bonchev–Trinajstić information content (AvgIpc) is 1.90. The van der Waals surface area contributed by atoms with E-state index in [0.29, 0.717) is 0 Å². The van der Waals surface area contributed by atoms with Gasteiger partial charge in [0.15, 0.2) is 0 Å². The van der Waals surface area contributed by atoms with E-state index < -0.39 is 0 Å². The lowest BCUT2D eigenvalue weighted by Gasteiger charge is -1.91. The molecule has 0 N–H and O–H groups in total. The van der Waals surface area contributed by atoms with Crippen molar-refractivity contribution in [3.63, 3.8) is 0 Å². The highest BCUT2D eigenvalue weighted by Gasteiger charge is 1.82. The molecule has 0 aliphatic rings. The molecule has 0 aliphatic heterocycles. The van der Waals surface area contributed by atoms with Gasteiger partial charge in [0.2, 0.25) is 0 Å². The molecule has 1 rings (SSSR count). The minimum atomic E-state index is 0. The van der Waals surface area contributed by atoms with E-state index in [2.05, 4.69) is 37.8 Å². The first-order valence-electron chi connectivity index (χ1n) is 3.02. The molecule has 0 aromatic heterocycles. The fraction of sp³-hybridized carbons (Fsp3) is 0.111. The van der Waals surface area contributed by atoms with Crippen LogP contribution in [0, 0.1) is 6.92 Å². The van der Waals surface area contributed by atoms with Gasteiger partial charge in [-0.05, 0) is 12.5 Å². The quantitative estimate of drug-likeness (QED) is 0.534. The molecule has 0 amide bonds. The third-order valence-corrected chi connectivity index (χ3v) is 1.31. The maximum atomic E-state index is 3.66. The molecule has 1 aromatic carbocycles. The Morgan fingerprint density at radius 2 is 1.89 bits per heavy atom. The molecule has 0 saturated carbocycles. The van der Waals surface area contributed by atoms with Gasteiger partial charge in [-0.2, -0.15) is 0 Å². The Morgan fingerprint density at radius 1 is 1.33 bits per heavy atom. The SMILES string of the molecule is C=Cc1ccc(C)cc1.[HH]. The molecule has 9 heavy (non-hydrogen) atoms. The zero-order valence-corrected chi connectivity index (χ0v) is 5.59. The second-order valence-electron chi connectivity index (χ2n) is 2.11. The van der Waals surface area contributed by atoms with Gasteiger partial charge in [0.1, 0.15) is 0 Å². The van der Waals surface area contributed by atoms with Gasteiger partial charge in [-0.15, -0.1) is 0 Å². The number of hydrogen-bond donors (Lipinski definition) is 0. The van der Waals surface area contributed by atoms with Crippen LogP contribution in [0.1, 0.15) is 12.6 Å². The van der Waals surface area contributed by atoms with E-state index in [1.54, 1.807) is 0 Å². The van der Waals surface area contributed by atoms with Gasteiger partial charge in [0.25, 0.3) is 0 Å². The molecule has 0 heterocycles. The molecule has 0 heteroatoms. The molecule has 0 unspecified atom stereocenters. The fourth-order valence-electron chi connectivity index (χ4n) is 0.703. The second-order valence-corrected chi connectivity index (χ2v) is 2.11. The van der Waals surface area contributed by atoms with Crippen molar-refractivity contribution in [1.29, 1.82) is 0 Å². The maximum Gasteiger partial charge on any atom is 0 e. The summed E-state index contributed by atoms with van der Waals surface area (Å²) in [7, 11) is 0. The minimum Gasteiger partial charge on any atom is -0.0985 e. The van der Waals surface area contributed by atoms with Crippen molar-refractivity contribution in [1.82, 2.24) is 0 Å².